The number of ether oxygens (including phenoxy) is 1. The molecule has 0 bridgehead atoms. The second kappa shape index (κ2) is 5.07. The Morgan fingerprint density at radius 3 is 2.00 bits per heavy atom. The standard InChI is InChI=1S/C9H7F3O7S/c1-18-8(15)7-5(13)2-4(3-6(7)14)19-20(16,17)9(10,11)12/h2-3,13-14H,1H3. The Hall–Kier alpha value is -2.17. The Balaban J connectivity index is 3.23. The first-order valence-corrected chi connectivity index (χ1v) is 6.05. The van der Waals surface area contributed by atoms with E-state index in [2.05, 4.69) is 8.92 Å². The minimum Gasteiger partial charge on any atom is -0.507 e. The minimum atomic E-state index is -5.96. The van der Waals surface area contributed by atoms with Crippen LogP contribution in [0.1, 0.15) is 10.4 Å². The normalized spacial score (nSPS) is 12.0. The van der Waals surface area contributed by atoms with Crippen LogP contribution >= 0.6 is 0 Å². The van der Waals surface area contributed by atoms with Gasteiger partial charge in [-0.1, -0.05) is 0 Å². The molecule has 20 heavy (non-hydrogen) atoms. The maximum Gasteiger partial charge on any atom is 0.534 e. The molecule has 0 heterocycles. The van der Waals surface area contributed by atoms with Crippen LogP contribution in [0.15, 0.2) is 12.1 Å². The molecule has 0 atom stereocenters. The van der Waals surface area contributed by atoms with Gasteiger partial charge in [-0.2, -0.15) is 21.6 Å². The van der Waals surface area contributed by atoms with E-state index in [1.54, 1.807) is 0 Å². The molecule has 11 heteroatoms. The van der Waals surface area contributed by atoms with Gasteiger partial charge in [0, 0.05) is 12.1 Å². The van der Waals surface area contributed by atoms with Gasteiger partial charge in [0.15, 0.2) is 0 Å². The number of hydrogen-bond acceptors (Lipinski definition) is 7. The molecule has 0 fully saturated rings. The second-order valence-electron chi connectivity index (χ2n) is 3.31. The van der Waals surface area contributed by atoms with E-state index >= 15 is 0 Å². The number of methoxy groups -OCH3 is 1. The first-order valence-electron chi connectivity index (χ1n) is 4.64. The fourth-order valence-corrected chi connectivity index (χ4v) is 1.56. The lowest BCUT2D eigenvalue weighted by Crippen LogP contribution is -2.28. The van der Waals surface area contributed by atoms with Gasteiger partial charge in [0.25, 0.3) is 0 Å². The molecule has 0 saturated heterocycles. The second-order valence-corrected chi connectivity index (χ2v) is 4.85. The molecule has 0 aliphatic heterocycles. The number of benzene rings is 1. The van der Waals surface area contributed by atoms with Gasteiger partial charge in [0.2, 0.25) is 0 Å². The van der Waals surface area contributed by atoms with E-state index in [1.165, 1.54) is 0 Å². The van der Waals surface area contributed by atoms with Gasteiger partial charge < -0.3 is 19.1 Å². The predicted octanol–water partition coefficient (Wildman–Crippen LogP) is 1.11. The first-order chi connectivity index (χ1) is 8.99. The zero-order valence-corrected chi connectivity index (χ0v) is 10.4. The summed E-state index contributed by atoms with van der Waals surface area (Å²) in [4.78, 5) is 11.1. The Kier molecular flexibility index (Phi) is 4.03. The highest BCUT2D eigenvalue weighted by molar-refractivity contribution is 7.88. The molecule has 0 aromatic heterocycles. The summed E-state index contributed by atoms with van der Waals surface area (Å²) in [5, 5.41) is 18.7. The SMILES string of the molecule is COC(=O)c1c(O)cc(OS(=O)(=O)C(F)(F)F)cc1O. The molecule has 0 saturated carbocycles. The Labute approximate surface area is 110 Å². The number of phenols is 2. The number of carbonyl (C=O) groups excluding carboxylic acids is 1. The van der Waals surface area contributed by atoms with Gasteiger partial charge in [-0.25, -0.2) is 4.79 Å². The summed E-state index contributed by atoms with van der Waals surface area (Å²) in [7, 11) is -5.03. The molecule has 1 aromatic rings. The number of phenolic OH excluding ortho intramolecular Hbond substituents is 2. The smallest absolute Gasteiger partial charge is 0.507 e. The van der Waals surface area contributed by atoms with Crippen LogP contribution in [-0.4, -0.2) is 37.2 Å². The lowest BCUT2D eigenvalue weighted by atomic mass is 10.1. The van der Waals surface area contributed by atoms with Gasteiger partial charge in [-0.05, 0) is 0 Å². The van der Waals surface area contributed by atoms with Gasteiger partial charge in [-0.3, -0.25) is 0 Å². The summed E-state index contributed by atoms with van der Waals surface area (Å²) in [6.45, 7) is 0. The van der Waals surface area contributed by atoms with Crippen molar-refractivity contribution < 1.29 is 45.5 Å². The number of esters is 1. The number of alkyl halides is 3. The molecule has 1 rings (SSSR count). The van der Waals surface area contributed by atoms with Crippen LogP contribution in [0.25, 0.3) is 0 Å². The molecule has 2 N–H and O–H groups in total. The van der Waals surface area contributed by atoms with E-state index < -0.39 is 44.4 Å². The molecule has 0 radical (unpaired) electrons. The van der Waals surface area contributed by atoms with Crippen LogP contribution in [-0.2, 0) is 14.9 Å². The summed E-state index contributed by atoms with van der Waals surface area (Å²) in [5.41, 5.74) is -6.43. The number of carbonyl (C=O) groups is 1. The van der Waals surface area contributed by atoms with Crippen molar-refractivity contribution in [3.8, 4) is 17.2 Å². The van der Waals surface area contributed by atoms with Crippen LogP contribution in [0.3, 0.4) is 0 Å². The van der Waals surface area contributed by atoms with Crippen molar-refractivity contribution in [1.82, 2.24) is 0 Å². The van der Waals surface area contributed by atoms with E-state index in [4.69, 9.17) is 0 Å². The van der Waals surface area contributed by atoms with Gasteiger partial charge >= 0.3 is 21.6 Å². The monoisotopic (exact) mass is 316 g/mol. The van der Waals surface area contributed by atoms with Crippen molar-refractivity contribution in [1.29, 1.82) is 0 Å². The zero-order chi connectivity index (χ0) is 15.7. The topological polar surface area (TPSA) is 110 Å². The third-order valence-corrected chi connectivity index (χ3v) is 2.93. The Morgan fingerprint density at radius 2 is 1.65 bits per heavy atom. The van der Waals surface area contributed by atoms with E-state index in [0.29, 0.717) is 12.1 Å². The summed E-state index contributed by atoms with van der Waals surface area (Å²) in [5.74, 6) is -4.22. The van der Waals surface area contributed by atoms with Crippen molar-refractivity contribution in [2.45, 2.75) is 5.51 Å². The number of halogens is 3. The van der Waals surface area contributed by atoms with Crippen molar-refractivity contribution in [2.24, 2.45) is 0 Å². The number of rotatable bonds is 3. The highest BCUT2D eigenvalue weighted by Gasteiger charge is 2.48. The third-order valence-electron chi connectivity index (χ3n) is 1.95. The fourth-order valence-electron chi connectivity index (χ4n) is 1.12. The van der Waals surface area contributed by atoms with Crippen LogP contribution in [0, 0.1) is 0 Å². The highest BCUT2D eigenvalue weighted by atomic mass is 32.2. The van der Waals surface area contributed by atoms with E-state index in [0.717, 1.165) is 7.11 Å². The maximum absolute atomic E-state index is 12.1. The van der Waals surface area contributed by atoms with Crippen LogP contribution in [0.5, 0.6) is 17.2 Å². The van der Waals surface area contributed by atoms with E-state index in [9.17, 15) is 36.6 Å². The van der Waals surface area contributed by atoms with Crippen LogP contribution in [0.4, 0.5) is 13.2 Å². The Bertz CT molecular complexity index is 612. The molecule has 1 aromatic carbocycles. The van der Waals surface area contributed by atoms with Crippen LogP contribution < -0.4 is 4.18 Å². The van der Waals surface area contributed by atoms with E-state index in [1.807, 2.05) is 0 Å². The molecule has 0 amide bonds. The van der Waals surface area contributed by atoms with Crippen molar-refractivity contribution in [3.63, 3.8) is 0 Å². The average molecular weight is 316 g/mol. The average Bonchev–Trinajstić information content (AvgIpc) is 2.25. The van der Waals surface area contributed by atoms with Gasteiger partial charge in [0.1, 0.15) is 22.8 Å². The maximum atomic E-state index is 12.1. The molecule has 0 spiro atoms. The quantitative estimate of drug-likeness (QED) is 0.488. The summed E-state index contributed by atoms with van der Waals surface area (Å²) in [6.07, 6.45) is 0. The largest absolute Gasteiger partial charge is 0.534 e. The van der Waals surface area contributed by atoms with Gasteiger partial charge in [-0.15, -0.1) is 0 Å². The predicted molar refractivity (Wildman–Crippen MR) is 56.7 cm³/mol. The molecule has 0 aliphatic carbocycles. The minimum absolute atomic E-state index is 0.412. The molecule has 7 nitrogen and oxygen atoms in total. The molecular formula is C9H7F3O7S. The Morgan fingerprint density at radius 1 is 1.20 bits per heavy atom. The molecule has 0 unspecified atom stereocenters. The number of aromatic hydroxyl groups is 2. The first kappa shape index (κ1) is 15.9. The zero-order valence-electron chi connectivity index (χ0n) is 9.63. The summed E-state index contributed by atoms with van der Waals surface area (Å²) >= 11 is 0. The molecular weight excluding hydrogens is 309 g/mol. The third kappa shape index (κ3) is 3.04. The van der Waals surface area contributed by atoms with Gasteiger partial charge in [0.05, 0.1) is 7.11 Å². The van der Waals surface area contributed by atoms with E-state index in [-0.39, 0.29) is 0 Å². The summed E-state index contributed by atoms with van der Waals surface area (Å²) < 4.78 is 65.5. The fraction of sp³-hybridized carbons (Fsp3) is 0.222. The van der Waals surface area contributed by atoms with Crippen molar-refractivity contribution >= 4 is 16.1 Å². The summed E-state index contributed by atoms with van der Waals surface area (Å²) in [6, 6.07) is 0.824. The highest BCUT2D eigenvalue weighted by Crippen LogP contribution is 2.35. The van der Waals surface area contributed by atoms with Crippen molar-refractivity contribution in [2.75, 3.05) is 7.11 Å². The van der Waals surface area contributed by atoms with Crippen LogP contribution in [0.2, 0.25) is 0 Å². The van der Waals surface area contributed by atoms with Crippen molar-refractivity contribution in [3.05, 3.63) is 17.7 Å². The molecule has 112 valence electrons. The molecule has 0 aliphatic rings. The lowest BCUT2D eigenvalue weighted by Gasteiger charge is -2.11. The number of hydrogen-bond donors (Lipinski definition) is 2. The lowest BCUT2D eigenvalue weighted by molar-refractivity contribution is -0.0500.